The molecule has 2 nitrogen and oxygen atoms in total. The van der Waals surface area contributed by atoms with Crippen LogP contribution in [0.25, 0.3) is 0 Å². The van der Waals surface area contributed by atoms with E-state index in [0.29, 0.717) is 0 Å². The van der Waals surface area contributed by atoms with Crippen LogP contribution < -0.4 is 0 Å². The summed E-state index contributed by atoms with van der Waals surface area (Å²) in [5, 5.41) is 8.97. The monoisotopic (exact) mass is 142 g/mol. The third kappa shape index (κ3) is 1.08. The zero-order valence-electron chi connectivity index (χ0n) is 6.39. The van der Waals surface area contributed by atoms with E-state index >= 15 is 0 Å². The van der Waals surface area contributed by atoms with Crippen LogP contribution in [-0.4, -0.2) is 17.5 Å². The van der Waals surface area contributed by atoms with Crippen molar-refractivity contribution in [3.63, 3.8) is 0 Å². The van der Waals surface area contributed by atoms with E-state index in [1.165, 1.54) is 0 Å². The second-order valence-electron chi connectivity index (χ2n) is 3.20. The molecular formula is C8H14O2. The van der Waals surface area contributed by atoms with Crippen molar-refractivity contribution < 1.29 is 9.90 Å². The lowest BCUT2D eigenvalue weighted by atomic mass is 9.83. The molecule has 0 aliphatic heterocycles. The summed E-state index contributed by atoms with van der Waals surface area (Å²) in [5.74, 6) is 0.160. The number of hydrogen-bond donors (Lipinski definition) is 1. The van der Waals surface area contributed by atoms with Gasteiger partial charge in [-0.15, -0.1) is 0 Å². The second kappa shape index (κ2) is 2.70. The Bertz CT molecular complexity index is 134. The van der Waals surface area contributed by atoms with Gasteiger partial charge in [0.2, 0.25) is 0 Å². The van der Waals surface area contributed by atoms with Crippen LogP contribution in [0, 0.1) is 5.41 Å². The number of carbonyl (C=O) groups excluding carboxylic acids is 1. The fourth-order valence-electron chi connectivity index (χ4n) is 1.67. The van der Waals surface area contributed by atoms with Gasteiger partial charge in [0.15, 0.2) is 0 Å². The first-order valence-electron chi connectivity index (χ1n) is 3.83. The number of ketones is 1. The van der Waals surface area contributed by atoms with Gasteiger partial charge in [-0.25, -0.2) is 0 Å². The predicted molar refractivity (Wildman–Crippen MR) is 38.7 cm³/mol. The molecule has 58 valence electrons. The SMILES string of the molecule is CC(=O)C1(CO)CCCC1. The molecule has 1 rings (SSSR count). The fraction of sp³-hybridized carbons (Fsp3) is 0.875. The summed E-state index contributed by atoms with van der Waals surface area (Å²) >= 11 is 0. The minimum atomic E-state index is -0.347. The molecule has 1 saturated carbocycles. The first-order chi connectivity index (χ1) is 4.71. The minimum Gasteiger partial charge on any atom is -0.395 e. The van der Waals surface area contributed by atoms with Crippen LogP contribution in [0.15, 0.2) is 0 Å². The molecule has 0 aromatic rings. The molecule has 0 amide bonds. The molecule has 0 spiro atoms. The normalized spacial score (nSPS) is 23.0. The molecule has 0 aromatic heterocycles. The molecule has 0 bridgehead atoms. The highest BCUT2D eigenvalue weighted by atomic mass is 16.3. The third-order valence-electron chi connectivity index (χ3n) is 2.61. The van der Waals surface area contributed by atoms with Crippen molar-refractivity contribution >= 4 is 5.78 Å². The highest BCUT2D eigenvalue weighted by Gasteiger charge is 2.37. The van der Waals surface area contributed by atoms with Gasteiger partial charge < -0.3 is 5.11 Å². The van der Waals surface area contributed by atoms with E-state index in [2.05, 4.69) is 0 Å². The van der Waals surface area contributed by atoms with Crippen LogP contribution in [0.2, 0.25) is 0 Å². The Labute approximate surface area is 61.2 Å². The molecule has 1 N–H and O–H groups in total. The van der Waals surface area contributed by atoms with Gasteiger partial charge in [0.1, 0.15) is 5.78 Å². The van der Waals surface area contributed by atoms with Crippen molar-refractivity contribution in [2.75, 3.05) is 6.61 Å². The van der Waals surface area contributed by atoms with Crippen LogP contribution >= 0.6 is 0 Å². The molecule has 10 heavy (non-hydrogen) atoms. The van der Waals surface area contributed by atoms with Gasteiger partial charge in [-0.1, -0.05) is 12.8 Å². The van der Waals surface area contributed by atoms with E-state index in [1.54, 1.807) is 6.92 Å². The summed E-state index contributed by atoms with van der Waals surface area (Å²) in [7, 11) is 0. The van der Waals surface area contributed by atoms with Crippen LogP contribution in [0.5, 0.6) is 0 Å². The Hall–Kier alpha value is -0.370. The Morgan fingerprint density at radius 1 is 1.50 bits per heavy atom. The summed E-state index contributed by atoms with van der Waals surface area (Å²) in [6.07, 6.45) is 3.97. The molecule has 0 atom stereocenters. The topological polar surface area (TPSA) is 37.3 Å². The summed E-state index contributed by atoms with van der Waals surface area (Å²) in [4.78, 5) is 11.0. The number of aliphatic hydroxyl groups is 1. The van der Waals surface area contributed by atoms with Gasteiger partial charge in [0.05, 0.1) is 12.0 Å². The summed E-state index contributed by atoms with van der Waals surface area (Å²) < 4.78 is 0. The molecular weight excluding hydrogens is 128 g/mol. The van der Waals surface area contributed by atoms with Crippen LogP contribution in [-0.2, 0) is 4.79 Å². The molecule has 2 heteroatoms. The quantitative estimate of drug-likeness (QED) is 0.627. The molecule has 0 radical (unpaired) electrons. The van der Waals surface area contributed by atoms with Gasteiger partial charge in [0, 0.05) is 0 Å². The zero-order chi connectivity index (χ0) is 7.61. The van der Waals surface area contributed by atoms with Crippen molar-refractivity contribution in [1.82, 2.24) is 0 Å². The lowest BCUT2D eigenvalue weighted by molar-refractivity contribution is -0.128. The average Bonchev–Trinajstić information content (AvgIpc) is 2.35. The highest BCUT2D eigenvalue weighted by molar-refractivity contribution is 5.82. The van der Waals surface area contributed by atoms with Crippen molar-refractivity contribution in [3.8, 4) is 0 Å². The van der Waals surface area contributed by atoms with Gasteiger partial charge in [-0.3, -0.25) is 4.79 Å². The third-order valence-corrected chi connectivity index (χ3v) is 2.61. The van der Waals surface area contributed by atoms with Crippen LogP contribution in [0.3, 0.4) is 0 Å². The van der Waals surface area contributed by atoms with Gasteiger partial charge in [-0.05, 0) is 19.8 Å². The maximum atomic E-state index is 11.0. The standard InChI is InChI=1S/C8H14O2/c1-7(10)8(6-9)4-2-3-5-8/h9H,2-6H2,1H3. The van der Waals surface area contributed by atoms with E-state index in [-0.39, 0.29) is 17.8 Å². The van der Waals surface area contributed by atoms with Gasteiger partial charge >= 0.3 is 0 Å². The maximum absolute atomic E-state index is 11.0. The first kappa shape index (κ1) is 7.73. The van der Waals surface area contributed by atoms with E-state index in [0.717, 1.165) is 25.7 Å². The maximum Gasteiger partial charge on any atom is 0.138 e. The van der Waals surface area contributed by atoms with Gasteiger partial charge in [-0.2, -0.15) is 0 Å². The highest BCUT2D eigenvalue weighted by Crippen LogP contribution is 2.38. The van der Waals surface area contributed by atoms with Gasteiger partial charge in [0.25, 0.3) is 0 Å². The Morgan fingerprint density at radius 2 is 2.00 bits per heavy atom. The summed E-state index contributed by atoms with van der Waals surface area (Å²) in [6.45, 7) is 1.63. The smallest absolute Gasteiger partial charge is 0.138 e. The minimum absolute atomic E-state index is 0.0440. The number of rotatable bonds is 2. The predicted octanol–water partition coefficient (Wildman–Crippen LogP) is 1.13. The number of carbonyl (C=O) groups is 1. The van der Waals surface area contributed by atoms with Crippen molar-refractivity contribution in [2.45, 2.75) is 32.6 Å². The first-order valence-corrected chi connectivity index (χ1v) is 3.83. The molecule has 0 saturated heterocycles. The van der Waals surface area contributed by atoms with Crippen LogP contribution in [0.4, 0.5) is 0 Å². The Balaban J connectivity index is 2.67. The fourth-order valence-corrected chi connectivity index (χ4v) is 1.67. The molecule has 1 aliphatic carbocycles. The van der Waals surface area contributed by atoms with Crippen LogP contribution in [0.1, 0.15) is 32.6 Å². The van der Waals surface area contributed by atoms with E-state index in [1.807, 2.05) is 0 Å². The molecule has 0 heterocycles. The molecule has 0 unspecified atom stereocenters. The van der Waals surface area contributed by atoms with Crippen molar-refractivity contribution in [1.29, 1.82) is 0 Å². The lowest BCUT2D eigenvalue weighted by Crippen LogP contribution is -2.29. The van der Waals surface area contributed by atoms with E-state index in [4.69, 9.17) is 5.11 Å². The molecule has 1 fully saturated rings. The lowest BCUT2D eigenvalue weighted by Gasteiger charge is -2.21. The molecule has 0 aromatic carbocycles. The van der Waals surface area contributed by atoms with E-state index < -0.39 is 0 Å². The number of aliphatic hydroxyl groups excluding tert-OH is 1. The van der Waals surface area contributed by atoms with E-state index in [9.17, 15) is 4.79 Å². The van der Waals surface area contributed by atoms with Crippen molar-refractivity contribution in [2.24, 2.45) is 5.41 Å². The largest absolute Gasteiger partial charge is 0.395 e. The Morgan fingerprint density at radius 3 is 2.20 bits per heavy atom. The van der Waals surface area contributed by atoms with Crippen molar-refractivity contribution in [3.05, 3.63) is 0 Å². The second-order valence-corrected chi connectivity index (χ2v) is 3.20. The average molecular weight is 142 g/mol. The Kier molecular flexibility index (Phi) is 2.09. The molecule has 1 aliphatic rings. The summed E-state index contributed by atoms with van der Waals surface area (Å²) in [5.41, 5.74) is -0.347. The zero-order valence-corrected chi connectivity index (χ0v) is 6.39. The number of Topliss-reactive ketones (excluding diaryl/α,β-unsaturated/α-hetero) is 1. The number of hydrogen-bond acceptors (Lipinski definition) is 2. The summed E-state index contributed by atoms with van der Waals surface area (Å²) in [6, 6.07) is 0.